The standard InChI is InChI=1S/C18H13ClFN3O/c19-16-9-14(20)5-6-15(16)18(24)23-11-13-4-2-8-22-17(13)12-3-1-7-21-10-12/h1-10H,11H2,(H,23,24). The molecule has 0 spiro atoms. The molecule has 1 aromatic carbocycles. The average molecular weight is 342 g/mol. The summed E-state index contributed by atoms with van der Waals surface area (Å²) in [5, 5.41) is 2.85. The van der Waals surface area contributed by atoms with E-state index in [1.807, 2.05) is 18.2 Å². The molecule has 0 saturated carbocycles. The highest BCUT2D eigenvalue weighted by Gasteiger charge is 2.12. The molecule has 0 aliphatic carbocycles. The fourth-order valence-corrected chi connectivity index (χ4v) is 2.54. The summed E-state index contributed by atoms with van der Waals surface area (Å²) in [6, 6.07) is 11.1. The third-order valence-electron chi connectivity index (χ3n) is 3.44. The van der Waals surface area contributed by atoms with E-state index in [0.717, 1.165) is 22.9 Å². The van der Waals surface area contributed by atoms with Crippen molar-refractivity contribution in [3.63, 3.8) is 0 Å². The van der Waals surface area contributed by atoms with E-state index in [1.54, 1.807) is 24.7 Å². The molecule has 0 saturated heterocycles. The van der Waals surface area contributed by atoms with E-state index >= 15 is 0 Å². The summed E-state index contributed by atoms with van der Waals surface area (Å²) in [5.74, 6) is -0.858. The van der Waals surface area contributed by atoms with E-state index in [9.17, 15) is 9.18 Å². The van der Waals surface area contributed by atoms with Gasteiger partial charge in [0.05, 0.1) is 16.3 Å². The number of nitrogens with one attached hydrogen (secondary N) is 1. The highest BCUT2D eigenvalue weighted by molar-refractivity contribution is 6.33. The lowest BCUT2D eigenvalue weighted by molar-refractivity contribution is 0.0951. The van der Waals surface area contributed by atoms with Gasteiger partial charge in [-0.25, -0.2) is 4.39 Å². The number of hydrogen-bond donors (Lipinski definition) is 1. The van der Waals surface area contributed by atoms with Gasteiger partial charge in [-0.3, -0.25) is 14.8 Å². The maximum Gasteiger partial charge on any atom is 0.253 e. The number of hydrogen-bond acceptors (Lipinski definition) is 3. The molecule has 0 unspecified atom stereocenters. The molecule has 3 aromatic rings. The van der Waals surface area contributed by atoms with Crippen LogP contribution in [0.2, 0.25) is 5.02 Å². The molecule has 0 bridgehead atoms. The number of benzene rings is 1. The van der Waals surface area contributed by atoms with Crippen molar-refractivity contribution >= 4 is 17.5 Å². The third-order valence-corrected chi connectivity index (χ3v) is 3.75. The molecule has 120 valence electrons. The van der Waals surface area contributed by atoms with Crippen LogP contribution < -0.4 is 5.32 Å². The summed E-state index contributed by atoms with van der Waals surface area (Å²) < 4.78 is 13.1. The van der Waals surface area contributed by atoms with Crippen molar-refractivity contribution in [2.75, 3.05) is 0 Å². The lowest BCUT2D eigenvalue weighted by Crippen LogP contribution is -2.23. The van der Waals surface area contributed by atoms with Crippen molar-refractivity contribution in [3.05, 3.63) is 83.0 Å². The monoisotopic (exact) mass is 341 g/mol. The highest BCUT2D eigenvalue weighted by Crippen LogP contribution is 2.21. The van der Waals surface area contributed by atoms with Crippen LogP contribution in [-0.2, 0) is 6.54 Å². The minimum Gasteiger partial charge on any atom is -0.348 e. The van der Waals surface area contributed by atoms with Crippen LogP contribution in [0.5, 0.6) is 0 Å². The molecule has 24 heavy (non-hydrogen) atoms. The maximum atomic E-state index is 13.1. The molecular weight excluding hydrogens is 329 g/mol. The predicted molar refractivity (Wildman–Crippen MR) is 90.0 cm³/mol. The summed E-state index contributed by atoms with van der Waals surface area (Å²) in [6.07, 6.45) is 5.08. The van der Waals surface area contributed by atoms with Gasteiger partial charge >= 0.3 is 0 Å². The van der Waals surface area contributed by atoms with Crippen molar-refractivity contribution in [3.8, 4) is 11.3 Å². The maximum absolute atomic E-state index is 13.1. The van der Waals surface area contributed by atoms with Gasteiger partial charge in [-0.05, 0) is 42.0 Å². The zero-order valence-electron chi connectivity index (χ0n) is 12.5. The van der Waals surface area contributed by atoms with Crippen molar-refractivity contribution in [1.29, 1.82) is 0 Å². The Hall–Kier alpha value is -2.79. The third kappa shape index (κ3) is 3.58. The molecule has 0 radical (unpaired) electrons. The molecule has 1 amide bonds. The average Bonchev–Trinajstić information content (AvgIpc) is 2.61. The highest BCUT2D eigenvalue weighted by atomic mass is 35.5. The van der Waals surface area contributed by atoms with Crippen LogP contribution in [0.3, 0.4) is 0 Å². The van der Waals surface area contributed by atoms with Crippen molar-refractivity contribution in [1.82, 2.24) is 15.3 Å². The van der Waals surface area contributed by atoms with Gasteiger partial charge in [-0.15, -0.1) is 0 Å². The second kappa shape index (κ2) is 7.19. The molecule has 2 aromatic heterocycles. The molecule has 2 heterocycles. The Morgan fingerprint density at radius 3 is 2.75 bits per heavy atom. The predicted octanol–water partition coefficient (Wildman–Crippen LogP) is 3.87. The van der Waals surface area contributed by atoms with E-state index in [-0.39, 0.29) is 23.0 Å². The zero-order valence-corrected chi connectivity index (χ0v) is 13.3. The Morgan fingerprint density at radius 2 is 2.00 bits per heavy atom. The van der Waals surface area contributed by atoms with E-state index in [4.69, 9.17) is 11.6 Å². The Labute approximate surface area is 143 Å². The quantitative estimate of drug-likeness (QED) is 0.783. The topological polar surface area (TPSA) is 54.9 Å². The number of halogens is 2. The first-order chi connectivity index (χ1) is 11.6. The molecule has 0 fully saturated rings. The molecule has 0 atom stereocenters. The van der Waals surface area contributed by atoms with Gasteiger partial charge in [-0.1, -0.05) is 17.7 Å². The first-order valence-electron chi connectivity index (χ1n) is 7.22. The van der Waals surface area contributed by atoms with Crippen LogP contribution in [-0.4, -0.2) is 15.9 Å². The number of nitrogens with zero attached hydrogens (tertiary/aromatic N) is 2. The first-order valence-corrected chi connectivity index (χ1v) is 7.60. The van der Waals surface area contributed by atoms with Crippen molar-refractivity contribution in [2.24, 2.45) is 0 Å². The SMILES string of the molecule is O=C(NCc1cccnc1-c1cccnc1)c1ccc(F)cc1Cl. The molecule has 1 N–H and O–H groups in total. The van der Waals surface area contributed by atoms with E-state index < -0.39 is 5.82 Å². The summed E-state index contributed by atoms with van der Waals surface area (Å²) >= 11 is 5.91. The number of carbonyl (C=O) groups is 1. The molecule has 4 nitrogen and oxygen atoms in total. The largest absolute Gasteiger partial charge is 0.348 e. The second-order valence-electron chi connectivity index (χ2n) is 5.06. The number of rotatable bonds is 4. The summed E-state index contributed by atoms with van der Waals surface area (Å²) in [4.78, 5) is 20.7. The van der Waals surface area contributed by atoms with Crippen LogP contribution in [0.1, 0.15) is 15.9 Å². The fraction of sp³-hybridized carbons (Fsp3) is 0.0556. The summed E-state index contributed by atoms with van der Waals surface area (Å²) in [6.45, 7) is 0.268. The van der Waals surface area contributed by atoms with Gasteiger partial charge in [0.2, 0.25) is 0 Å². The van der Waals surface area contributed by atoms with Crippen LogP contribution >= 0.6 is 11.6 Å². The Bertz CT molecular complexity index is 871. The second-order valence-corrected chi connectivity index (χ2v) is 5.47. The van der Waals surface area contributed by atoms with Crippen LogP contribution in [0, 0.1) is 5.82 Å². The summed E-state index contributed by atoms with van der Waals surface area (Å²) in [5.41, 5.74) is 2.68. The lowest BCUT2D eigenvalue weighted by Gasteiger charge is -2.10. The number of pyridine rings is 2. The van der Waals surface area contributed by atoms with E-state index in [1.165, 1.54) is 12.1 Å². The van der Waals surface area contributed by atoms with Gasteiger partial charge in [-0.2, -0.15) is 0 Å². The molecule has 3 rings (SSSR count). The fourth-order valence-electron chi connectivity index (χ4n) is 2.29. The van der Waals surface area contributed by atoms with Gasteiger partial charge in [0, 0.05) is 30.7 Å². The molecule has 0 aliphatic heterocycles. The van der Waals surface area contributed by atoms with Crippen LogP contribution in [0.25, 0.3) is 11.3 Å². The zero-order chi connectivity index (χ0) is 16.9. The Balaban J connectivity index is 1.79. The van der Waals surface area contributed by atoms with Crippen LogP contribution in [0.15, 0.2) is 61.1 Å². The van der Waals surface area contributed by atoms with Crippen LogP contribution in [0.4, 0.5) is 4.39 Å². The van der Waals surface area contributed by atoms with Crippen molar-refractivity contribution < 1.29 is 9.18 Å². The lowest BCUT2D eigenvalue weighted by atomic mass is 10.1. The Kier molecular flexibility index (Phi) is 4.82. The number of aromatic nitrogens is 2. The minimum atomic E-state index is -0.484. The normalized spacial score (nSPS) is 10.4. The van der Waals surface area contributed by atoms with Gasteiger partial charge in [0.15, 0.2) is 0 Å². The van der Waals surface area contributed by atoms with Gasteiger partial charge in [0.25, 0.3) is 5.91 Å². The van der Waals surface area contributed by atoms with Gasteiger partial charge < -0.3 is 5.32 Å². The van der Waals surface area contributed by atoms with E-state index in [2.05, 4.69) is 15.3 Å². The number of carbonyl (C=O) groups excluding carboxylic acids is 1. The Morgan fingerprint density at radius 1 is 1.17 bits per heavy atom. The summed E-state index contributed by atoms with van der Waals surface area (Å²) in [7, 11) is 0. The molecule has 0 aliphatic rings. The van der Waals surface area contributed by atoms with Crippen molar-refractivity contribution in [2.45, 2.75) is 6.54 Å². The first kappa shape index (κ1) is 16.1. The van der Waals surface area contributed by atoms with E-state index in [0.29, 0.717) is 0 Å². The number of amides is 1. The van der Waals surface area contributed by atoms with Gasteiger partial charge in [0.1, 0.15) is 5.82 Å². The minimum absolute atomic E-state index is 0.0752. The smallest absolute Gasteiger partial charge is 0.253 e. The molecular formula is C18H13ClFN3O. The molecule has 6 heteroatoms.